The molecule has 0 spiro atoms. The molecular weight excluding hydrogens is 246 g/mol. The summed E-state index contributed by atoms with van der Waals surface area (Å²) in [6.45, 7) is 6.04. The molecular formula is C13H21N3O3. The van der Waals surface area contributed by atoms with Crippen LogP contribution in [0, 0.1) is 11.3 Å². The SMILES string of the molecule is Cn1ccc(C(=O)NCC(CC(C)(C)C)C(=O)O)n1. The molecule has 0 saturated carbocycles. The van der Waals surface area contributed by atoms with Crippen molar-refractivity contribution in [3.05, 3.63) is 18.0 Å². The Morgan fingerprint density at radius 3 is 2.53 bits per heavy atom. The lowest BCUT2D eigenvalue weighted by Crippen LogP contribution is -2.35. The topological polar surface area (TPSA) is 84.2 Å². The Morgan fingerprint density at radius 1 is 1.47 bits per heavy atom. The van der Waals surface area contributed by atoms with Crippen molar-refractivity contribution in [2.45, 2.75) is 27.2 Å². The van der Waals surface area contributed by atoms with Crippen LogP contribution in [0.2, 0.25) is 0 Å². The van der Waals surface area contributed by atoms with Crippen LogP contribution in [-0.2, 0) is 11.8 Å². The minimum absolute atomic E-state index is 0.0984. The van der Waals surface area contributed by atoms with Gasteiger partial charge in [-0.15, -0.1) is 0 Å². The molecule has 0 aliphatic carbocycles. The number of carbonyl (C=O) groups is 2. The van der Waals surface area contributed by atoms with Gasteiger partial charge in [-0.2, -0.15) is 5.10 Å². The van der Waals surface area contributed by atoms with Crippen LogP contribution in [0.1, 0.15) is 37.7 Å². The number of rotatable bonds is 5. The molecule has 1 aromatic heterocycles. The fourth-order valence-electron chi connectivity index (χ4n) is 1.83. The van der Waals surface area contributed by atoms with E-state index in [1.165, 1.54) is 4.68 Å². The van der Waals surface area contributed by atoms with Crippen molar-refractivity contribution in [1.29, 1.82) is 0 Å². The molecule has 0 aliphatic heterocycles. The van der Waals surface area contributed by atoms with E-state index >= 15 is 0 Å². The van der Waals surface area contributed by atoms with Gasteiger partial charge >= 0.3 is 5.97 Å². The maximum atomic E-state index is 11.8. The number of amides is 1. The number of aryl methyl sites for hydroxylation is 1. The molecule has 0 aromatic carbocycles. The fourth-order valence-corrected chi connectivity index (χ4v) is 1.83. The van der Waals surface area contributed by atoms with Gasteiger partial charge in [-0.05, 0) is 17.9 Å². The van der Waals surface area contributed by atoms with Gasteiger partial charge in [0, 0.05) is 19.8 Å². The standard InChI is InChI=1S/C13H21N3O3/c1-13(2,3)7-9(12(18)19)8-14-11(17)10-5-6-16(4)15-10/h5-6,9H,7-8H2,1-4H3,(H,14,17)(H,18,19). The average Bonchev–Trinajstić information content (AvgIpc) is 2.68. The van der Waals surface area contributed by atoms with Crippen molar-refractivity contribution < 1.29 is 14.7 Å². The Morgan fingerprint density at radius 2 is 2.11 bits per heavy atom. The van der Waals surface area contributed by atoms with Crippen molar-refractivity contribution in [3.8, 4) is 0 Å². The van der Waals surface area contributed by atoms with Crippen molar-refractivity contribution >= 4 is 11.9 Å². The molecule has 0 saturated heterocycles. The van der Waals surface area contributed by atoms with Crippen LogP contribution in [0.5, 0.6) is 0 Å². The lowest BCUT2D eigenvalue weighted by atomic mass is 9.84. The quantitative estimate of drug-likeness (QED) is 0.842. The molecule has 6 nitrogen and oxygen atoms in total. The number of carbonyl (C=O) groups excluding carboxylic acids is 1. The molecule has 1 atom stereocenters. The number of carboxylic acid groups (broad SMARTS) is 1. The van der Waals surface area contributed by atoms with Crippen molar-refractivity contribution in [3.63, 3.8) is 0 Å². The molecule has 1 amide bonds. The molecule has 2 N–H and O–H groups in total. The summed E-state index contributed by atoms with van der Waals surface area (Å²) in [6, 6.07) is 1.59. The Kier molecular flexibility index (Phi) is 4.69. The number of nitrogens with one attached hydrogen (secondary N) is 1. The Balaban J connectivity index is 2.57. The first kappa shape index (κ1) is 15.2. The Hall–Kier alpha value is -1.85. The first-order valence-corrected chi connectivity index (χ1v) is 6.20. The van der Waals surface area contributed by atoms with Gasteiger partial charge in [0.15, 0.2) is 0 Å². The van der Waals surface area contributed by atoms with Gasteiger partial charge in [0.2, 0.25) is 0 Å². The fraction of sp³-hybridized carbons (Fsp3) is 0.615. The van der Waals surface area contributed by atoms with Gasteiger partial charge in [0.05, 0.1) is 5.92 Å². The second-order valence-corrected chi connectivity index (χ2v) is 5.88. The van der Waals surface area contributed by atoms with E-state index in [9.17, 15) is 9.59 Å². The van der Waals surface area contributed by atoms with Crippen LogP contribution >= 0.6 is 0 Å². The van der Waals surface area contributed by atoms with Crippen molar-refractivity contribution in [2.75, 3.05) is 6.54 Å². The minimum atomic E-state index is -0.892. The summed E-state index contributed by atoms with van der Waals surface area (Å²) >= 11 is 0. The van der Waals surface area contributed by atoms with Gasteiger partial charge in [0.25, 0.3) is 5.91 Å². The summed E-state index contributed by atoms with van der Waals surface area (Å²) in [6.07, 6.45) is 2.17. The first-order valence-electron chi connectivity index (χ1n) is 6.20. The Labute approximate surface area is 112 Å². The van der Waals surface area contributed by atoms with E-state index in [1.54, 1.807) is 19.3 Å². The highest BCUT2D eigenvalue weighted by molar-refractivity contribution is 5.92. The number of carboxylic acids is 1. The third-order valence-corrected chi connectivity index (χ3v) is 2.66. The zero-order valence-corrected chi connectivity index (χ0v) is 11.8. The lowest BCUT2D eigenvalue weighted by molar-refractivity contribution is -0.142. The lowest BCUT2D eigenvalue weighted by Gasteiger charge is -2.23. The molecule has 1 rings (SSSR count). The Bertz CT molecular complexity index is 460. The second-order valence-electron chi connectivity index (χ2n) is 5.88. The highest BCUT2D eigenvalue weighted by atomic mass is 16.4. The molecule has 19 heavy (non-hydrogen) atoms. The van der Waals surface area contributed by atoms with Crippen LogP contribution in [0.25, 0.3) is 0 Å². The molecule has 0 radical (unpaired) electrons. The molecule has 1 aromatic rings. The predicted octanol–water partition coefficient (Wildman–Crippen LogP) is 1.29. The normalized spacial score (nSPS) is 13.1. The second kappa shape index (κ2) is 5.86. The number of nitrogens with zero attached hydrogens (tertiary/aromatic N) is 2. The van der Waals surface area contributed by atoms with Crippen molar-refractivity contribution in [1.82, 2.24) is 15.1 Å². The van der Waals surface area contributed by atoms with E-state index in [0.29, 0.717) is 12.1 Å². The van der Waals surface area contributed by atoms with Gasteiger partial charge in [-0.25, -0.2) is 0 Å². The zero-order valence-electron chi connectivity index (χ0n) is 11.8. The molecule has 1 unspecified atom stereocenters. The minimum Gasteiger partial charge on any atom is -0.481 e. The largest absolute Gasteiger partial charge is 0.481 e. The van der Waals surface area contributed by atoms with E-state index in [4.69, 9.17) is 5.11 Å². The summed E-state index contributed by atoms with van der Waals surface area (Å²) in [5, 5.41) is 15.7. The highest BCUT2D eigenvalue weighted by Crippen LogP contribution is 2.24. The maximum Gasteiger partial charge on any atom is 0.308 e. The monoisotopic (exact) mass is 267 g/mol. The van der Waals surface area contributed by atoms with Gasteiger partial charge in [-0.3, -0.25) is 14.3 Å². The molecule has 0 aliphatic rings. The third-order valence-electron chi connectivity index (χ3n) is 2.66. The van der Waals surface area contributed by atoms with Crippen LogP contribution in [0.4, 0.5) is 0 Å². The summed E-state index contributed by atoms with van der Waals surface area (Å²) < 4.78 is 1.53. The summed E-state index contributed by atoms with van der Waals surface area (Å²) in [4.78, 5) is 22.9. The zero-order chi connectivity index (χ0) is 14.6. The van der Waals surface area contributed by atoms with Gasteiger partial charge in [0.1, 0.15) is 5.69 Å². The van der Waals surface area contributed by atoms with E-state index in [1.807, 2.05) is 20.8 Å². The van der Waals surface area contributed by atoms with Gasteiger partial charge in [-0.1, -0.05) is 20.8 Å². The number of aromatic nitrogens is 2. The highest BCUT2D eigenvalue weighted by Gasteiger charge is 2.25. The van der Waals surface area contributed by atoms with E-state index in [2.05, 4.69) is 10.4 Å². The summed E-state index contributed by atoms with van der Waals surface area (Å²) in [5.41, 5.74) is 0.195. The first-order chi connectivity index (χ1) is 8.69. The number of aliphatic carboxylic acids is 1. The van der Waals surface area contributed by atoms with E-state index in [-0.39, 0.29) is 17.9 Å². The third kappa shape index (κ3) is 5.11. The average molecular weight is 267 g/mol. The van der Waals surface area contributed by atoms with Crippen LogP contribution in [0.3, 0.4) is 0 Å². The molecule has 6 heteroatoms. The van der Waals surface area contributed by atoms with Crippen LogP contribution < -0.4 is 5.32 Å². The predicted molar refractivity (Wildman–Crippen MR) is 70.7 cm³/mol. The van der Waals surface area contributed by atoms with E-state index in [0.717, 1.165) is 0 Å². The molecule has 0 bridgehead atoms. The summed E-state index contributed by atoms with van der Waals surface area (Å²) in [5.74, 6) is -1.83. The van der Waals surface area contributed by atoms with Crippen molar-refractivity contribution in [2.24, 2.45) is 18.4 Å². The smallest absolute Gasteiger partial charge is 0.308 e. The van der Waals surface area contributed by atoms with E-state index < -0.39 is 11.9 Å². The van der Waals surface area contributed by atoms with Crippen LogP contribution in [-0.4, -0.2) is 33.3 Å². The maximum absolute atomic E-state index is 11.8. The molecule has 1 heterocycles. The summed E-state index contributed by atoms with van der Waals surface area (Å²) in [7, 11) is 1.72. The van der Waals surface area contributed by atoms with Crippen LogP contribution in [0.15, 0.2) is 12.3 Å². The van der Waals surface area contributed by atoms with Gasteiger partial charge < -0.3 is 10.4 Å². The number of hydrogen-bond donors (Lipinski definition) is 2. The molecule has 0 fully saturated rings. The number of hydrogen-bond acceptors (Lipinski definition) is 3. The molecule has 106 valence electrons.